The average molecular weight is 503 g/mol. The number of unbranched alkanes of at least 4 members (excludes halogenated alkanes) is 3. The van der Waals surface area contributed by atoms with Gasteiger partial charge < -0.3 is 9.40 Å². The Morgan fingerprint density at radius 3 is 2.05 bits per heavy atom. The number of hydrogen-bond acceptors (Lipinski definition) is 7. The van der Waals surface area contributed by atoms with Gasteiger partial charge in [0.2, 0.25) is 0 Å². The number of oxime groups is 1. The lowest BCUT2D eigenvalue weighted by Gasteiger charge is -2.09. The molecule has 0 fully saturated rings. The highest BCUT2D eigenvalue weighted by Gasteiger charge is 2.18. The maximum absolute atomic E-state index is 11.5. The van der Waals surface area contributed by atoms with Gasteiger partial charge in [-0.2, -0.15) is 0 Å². The molecule has 37 heavy (non-hydrogen) atoms. The molecule has 0 unspecified atom stereocenters. The highest BCUT2D eigenvalue weighted by Crippen LogP contribution is 2.33. The molecule has 0 amide bonds. The molecule has 0 radical (unpaired) electrons. The summed E-state index contributed by atoms with van der Waals surface area (Å²) in [4.78, 5) is 38.1. The van der Waals surface area contributed by atoms with Crippen molar-refractivity contribution in [1.82, 2.24) is 4.57 Å². The van der Waals surface area contributed by atoms with E-state index in [0.717, 1.165) is 54.0 Å². The van der Waals surface area contributed by atoms with Crippen LogP contribution in [0.3, 0.4) is 0 Å². The molecule has 0 spiro atoms. The van der Waals surface area contributed by atoms with E-state index in [0.29, 0.717) is 16.8 Å². The topological polar surface area (TPSA) is 130 Å². The van der Waals surface area contributed by atoms with Gasteiger partial charge in [0.1, 0.15) is 5.71 Å². The standard InChI is InChI=1S/C27H26N4O6/c1-3-4-5-6-15-29-25-13-9-20(16-23(25)24-17-22(31(35)36)12-14-26(24)29)27(28-37-18(2)32)19-7-10-21(11-8-19)30(33)34/h7-14,16-17H,3-6,15H2,1-2H3. The van der Waals surface area contributed by atoms with Gasteiger partial charge in [0.05, 0.1) is 9.85 Å². The summed E-state index contributed by atoms with van der Waals surface area (Å²) in [7, 11) is 0. The van der Waals surface area contributed by atoms with Gasteiger partial charge in [-0.3, -0.25) is 20.2 Å². The monoisotopic (exact) mass is 502 g/mol. The minimum Gasteiger partial charge on any atom is -0.340 e. The number of carbonyl (C=O) groups is 1. The molecular weight excluding hydrogens is 476 g/mol. The molecule has 0 saturated heterocycles. The van der Waals surface area contributed by atoms with Crippen LogP contribution in [0, 0.1) is 20.2 Å². The van der Waals surface area contributed by atoms with Crippen molar-refractivity contribution in [1.29, 1.82) is 0 Å². The lowest BCUT2D eigenvalue weighted by Crippen LogP contribution is -2.06. The third-order valence-corrected chi connectivity index (χ3v) is 6.19. The van der Waals surface area contributed by atoms with Crippen molar-refractivity contribution in [3.8, 4) is 0 Å². The minimum absolute atomic E-state index is 0.00731. The number of nitro benzene ring substituents is 2. The van der Waals surface area contributed by atoms with Gasteiger partial charge in [-0.1, -0.05) is 37.4 Å². The van der Waals surface area contributed by atoms with E-state index in [1.54, 1.807) is 12.1 Å². The number of benzene rings is 3. The Kier molecular flexibility index (Phi) is 7.57. The summed E-state index contributed by atoms with van der Waals surface area (Å²) in [6.45, 7) is 4.15. The molecule has 0 aliphatic carbocycles. The van der Waals surface area contributed by atoms with E-state index in [-0.39, 0.29) is 11.4 Å². The molecule has 4 rings (SSSR count). The third-order valence-electron chi connectivity index (χ3n) is 6.19. The maximum Gasteiger partial charge on any atom is 0.332 e. The first-order valence-electron chi connectivity index (χ1n) is 12.0. The Morgan fingerprint density at radius 2 is 1.43 bits per heavy atom. The van der Waals surface area contributed by atoms with Crippen molar-refractivity contribution in [3.05, 3.63) is 92.0 Å². The molecule has 1 heterocycles. The highest BCUT2D eigenvalue weighted by atomic mass is 16.7. The second-order valence-electron chi connectivity index (χ2n) is 8.73. The number of aromatic nitrogens is 1. The number of nitrogens with zero attached hydrogens (tertiary/aromatic N) is 4. The van der Waals surface area contributed by atoms with Crippen LogP contribution < -0.4 is 0 Å². The van der Waals surface area contributed by atoms with E-state index in [4.69, 9.17) is 4.84 Å². The smallest absolute Gasteiger partial charge is 0.332 e. The van der Waals surface area contributed by atoms with Crippen LogP contribution in [0.5, 0.6) is 0 Å². The van der Waals surface area contributed by atoms with Crippen LogP contribution >= 0.6 is 0 Å². The first-order chi connectivity index (χ1) is 17.8. The van der Waals surface area contributed by atoms with E-state index < -0.39 is 15.8 Å². The number of aryl methyl sites for hydroxylation is 1. The average Bonchev–Trinajstić information content (AvgIpc) is 3.19. The molecule has 10 nitrogen and oxygen atoms in total. The second-order valence-corrected chi connectivity index (χ2v) is 8.73. The van der Waals surface area contributed by atoms with Gasteiger partial charge >= 0.3 is 5.97 Å². The van der Waals surface area contributed by atoms with Gasteiger partial charge in [0, 0.05) is 70.7 Å². The molecular formula is C27H26N4O6. The van der Waals surface area contributed by atoms with Crippen LogP contribution in [0.1, 0.15) is 50.7 Å². The summed E-state index contributed by atoms with van der Waals surface area (Å²) in [6.07, 6.45) is 4.32. The normalized spacial score (nSPS) is 11.7. The van der Waals surface area contributed by atoms with Crippen molar-refractivity contribution in [2.24, 2.45) is 5.16 Å². The fraction of sp³-hybridized carbons (Fsp3) is 0.259. The van der Waals surface area contributed by atoms with Crippen LogP contribution in [0.2, 0.25) is 0 Å². The molecule has 10 heteroatoms. The summed E-state index contributed by atoms with van der Waals surface area (Å²) in [5, 5.41) is 28.1. The van der Waals surface area contributed by atoms with Crippen LogP contribution in [0.15, 0.2) is 65.8 Å². The maximum atomic E-state index is 11.5. The molecule has 0 bridgehead atoms. The fourth-order valence-corrected chi connectivity index (χ4v) is 4.41. The second kappa shape index (κ2) is 11.0. The lowest BCUT2D eigenvalue weighted by atomic mass is 10.00. The molecule has 0 N–H and O–H groups in total. The molecule has 0 saturated carbocycles. The summed E-state index contributed by atoms with van der Waals surface area (Å²) in [5.74, 6) is -0.611. The Balaban J connectivity index is 1.88. The third kappa shape index (κ3) is 5.48. The zero-order valence-electron chi connectivity index (χ0n) is 20.5. The number of non-ortho nitro benzene ring substituents is 2. The van der Waals surface area contributed by atoms with Crippen LogP contribution in [-0.4, -0.2) is 26.1 Å². The number of fused-ring (bicyclic) bond motifs is 3. The Labute approximate surface area is 212 Å². The van der Waals surface area contributed by atoms with Crippen molar-refractivity contribution in [2.45, 2.75) is 46.1 Å². The predicted molar refractivity (Wildman–Crippen MR) is 141 cm³/mol. The Bertz CT molecular complexity index is 1520. The molecule has 0 aliphatic rings. The van der Waals surface area contributed by atoms with Gasteiger partial charge in [0.25, 0.3) is 11.4 Å². The zero-order chi connectivity index (χ0) is 26.5. The molecule has 4 aromatic rings. The van der Waals surface area contributed by atoms with Crippen LogP contribution in [-0.2, 0) is 16.2 Å². The zero-order valence-corrected chi connectivity index (χ0v) is 20.5. The minimum atomic E-state index is -0.611. The van der Waals surface area contributed by atoms with E-state index in [1.807, 2.05) is 18.2 Å². The van der Waals surface area contributed by atoms with Gasteiger partial charge in [0.15, 0.2) is 0 Å². The summed E-state index contributed by atoms with van der Waals surface area (Å²) in [5.41, 5.74) is 3.15. The molecule has 0 aliphatic heterocycles. The molecule has 190 valence electrons. The Hall–Kier alpha value is -4.60. The molecule has 1 aromatic heterocycles. The van der Waals surface area contributed by atoms with Crippen LogP contribution in [0.4, 0.5) is 11.4 Å². The Morgan fingerprint density at radius 1 is 0.838 bits per heavy atom. The van der Waals surface area contributed by atoms with Crippen molar-refractivity contribution in [2.75, 3.05) is 0 Å². The fourth-order valence-electron chi connectivity index (χ4n) is 4.41. The largest absolute Gasteiger partial charge is 0.340 e. The lowest BCUT2D eigenvalue weighted by molar-refractivity contribution is -0.385. The molecule has 3 aromatic carbocycles. The van der Waals surface area contributed by atoms with E-state index in [2.05, 4.69) is 16.6 Å². The van der Waals surface area contributed by atoms with E-state index in [9.17, 15) is 25.0 Å². The van der Waals surface area contributed by atoms with Gasteiger partial charge in [-0.15, -0.1) is 0 Å². The SMILES string of the molecule is CCCCCCn1c2ccc(C(=NOC(C)=O)c3ccc([N+](=O)[O-])cc3)cc2c2cc([N+](=O)[O-])ccc21. The highest BCUT2D eigenvalue weighted by molar-refractivity contribution is 6.17. The summed E-state index contributed by atoms with van der Waals surface area (Å²) < 4.78 is 2.17. The number of rotatable bonds is 10. The van der Waals surface area contributed by atoms with Crippen molar-refractivity contribution in [3.63, 3.8) is 0 Å². The van der Waals surface area contributed by atoms with Gasteiger partial charge in [-0.25, -0.2) is 4.79 Å². The van der Waals surface area contributed by atoms with Crippen LogP contribution in [0.25, 0.3) is 21.8 Å². The number of carbonyl (C=O) groups excluding carboxylic acids is 1. The van der Waals surface area contributed by atoms with E-state index in [1.165, 1.54) is 37.3 Å². The first kappa shape index (κ1) is 25.5. The number of hydrogen-bond donors (Lipinski definition) is 0. The van der Waals surface area contributed by atoms with Gasteiger partial charge in [-0.05, 0) is 36.8 Å². The van der Waals surface area contributed by atoms with Crippen molar-refractivity contribution >= 4 is 44.9 Å². The predicted octanol–water partition coefficient (Wildman–Crippen LogP) is 6.51. The summed E-state index contributed by atoms with van der Waals surface area (Å²) in [6, 6.07) is 16.2. The first-order valence-corrected chi connectivity index (χ1v) is 12.0. The summed E-state index contributed by atoms with van der Waals surface area (Å²) >= 11 is 0. The quantitative estimate of drug-likeness (QED) is 0.0799. The molecule has 0 atom stereocenters. The number of nitro groups is 2. The van der Waals surface area contributed by atoms with Crippen molar-refractivity contribution < 1.29 is 19.5 Å². The van der Waals surface area contributed by atoms with E-state index >= 15 is 0 Å².